The minimum Gasteiger partial charge on any atom is -0.469 e. The summed E-state index contributed by atoms with van der Waals surface area (Å²) >= 11 is 0. The van der Waals surface area contributed by atoms with Crippen molar-refractivity contribution >= 4 is 23.8 Å². The molecule has 0 radical (unpaired) electrons. The van der Waals surface area contributed by atoms with Gasteiger partial charge in [-0.2, -0.15) is 0 Å². The van der Waals surface area contributed by atoms with Gasteiger partial charge in [0.15, 0.2) is 0 Å². The molecule has 0 bridgehead atoms. The second kappa shape index (κ2) is 12.5. The van der Waals surface area contributed by atoms with Gasteiger partial charge >= 0.3 is 17.9 Å². The van der Waals surface area contributed by atoms with Gasteiger partial charge in [-0.05, 0) is 16.7 Å². The second-order valence-electron chi connectivity index (χ2n) is 8.23. The number of hydrogen-bond acceptors (Lipinski definition) is 7. The van der Waals surface area contributed by atoms with Crippen LogP contribution in [0.25, 0.3) is 0 Å². The van der Waals surface area contributed by atoms with Crippen molar-refractivity contribution in [2.45, 2.75) is 17.9 Å². The van der Waals surface area contributed by atoms with Gasteiger partial charge in [0.05, 0.1) is 33.7 Å². The van der Waals surface area contributed by atoms with Crippen LogP contribution in [0.1, 0.15) is 23.1 Å². The van der Waals surface area contributed by atoms with Gasteiger partial charge in [-0.1, -0.05) is 91.0 Å². The van der Waals surface area contributed by atoms with Gasteiger partial charge in [-0.25, -0.2) is 4.79 Å². The SMILES string of the molecule is COC(=O)C[C@H](C(=O)OC)[C@@H](NC(=O)C(c1ccccc1)(c1ccccc1)c1ccccc1)C(=O)OC. The van der Waals surface area contributed by atoms with Gasteiger partial charge in [-0.3, -0.25) is 14.4 Å². The molecular weight excluding hydrogens is 474 g/mol. The molecule has 3 rings (SSSR count). The number of esters is 3. The maximum absolute atomic E-state index is 14.5. The summed E-state index contributed by atoms with van der Waals surface area (Å²) in [6.07, 6.45) is -0.502. The largest absolute Gasteiger partial charge is 0.469 e. The van der Waals surface area contributed by atoms with E-state index in [0.717, 1.165) is 21.3 Å². The standard InChI is InChI=1S/C29H29NO7/c1-35-24(31)19-23(26(32)36-2)25(27(33)37-3)30-28(34)29(20-13-7-4-8-14-20,21-15-9-5-10-16-21)22-17-11-6-12-18-22/h4-18,23,25H,19H2,1-3H3,(H,30,34)/t23-,25+/m0/s1. The van der Waals surface area contributed by atoms with E-state index >= 15 is 0 Å². The molecule has 0 aliphatic rings. The Kier molecular flexibility index (Phi) is 9.16. The number of nitrogens with one attached hydrogen (secondary N) is 1. The molecule has 0 spiro atoms. The van der Waals surface area contributed by atoms with E-state index in [9.17, 15) is 19.2 Å². The van der Waals surface area contributed by atoms with Gasteiger partial charge < -0.3 is 19.5 Å². The van der Waals surface area contributed by atoms with E-state index < -0.39 is 47.6 Å². The smallest absolute Gasteiger partial charge is 0.329 e. The van der Waals surface area contributed by atoms with E-state index in [1.165, 1.54) is 0 Å². The fraction of sp³-hybridized carbons (Fsp3) is 0.241. The summed E-state index contributed by atoms with van der Waals surface area (Å²) in [5.41, 5.74) is 0.491. The van der Waals surface area contributed by atoms with Crippen molar-refractivity contribution < 1.29 is 33.4 Å². The number of ether oxygens (including phenoxy) is 3. The van der Waals surface area contributed by atoms with E-state index in [2.05, 4.69) is 5.32 Å². The number of hydrogen-bond donors (Lipinski definition) is 1. The molecule has 0 fully saturated rings. The predicted octanol–water partition coefficient (Wildman–Crippen LogP) is 3.03. The first-order chi connectivity index (χ1) is 17.9. The van der Waals surface area contributed by atoms with Crippen molar-refractivity contribution in [3.05, 3.63) is 108 Å². The lowest BCUT2D eigenvalue weighted by atomic mass is 9.68. The highest BCUT2D eigenvalue weighted by atomic mass is 16.5. The topological polar surface area (TPSA) is 108 Å². The van der Waals surface area contributed by atoms with Crippen LogP contribution in [0.2, 0.25) is 0 Å². The number of methoxy groups -OCH3 is 3. The number of amides is 1. The van der Waals surface area contributed by atoms with Crippen LogP contribution in [0, 0.1) is 5.92 Å². The zero-order valence-corrected chi connectivity index (χ0v) is 20.9. The van der Waals surface area contributed by atoms with Crippen LogP contribution in [0.15, 0.2) is 91.0 Å². The number of carbonyl (C=O) groups is 4. The Hall–Kier alpha value is -4.46. The first-order valence-electron chi connectivity index (χ1n) is 11.6. The Morgan fingerprint density at radius 1 is 0.649 bits per heavy atom. The van der Waals surface area contributed by atoms with Crippen LogP contribution in [-0.2, 0) is 38.8 Å². The molecule has 0 aliphatic carbocycles. The fourth-order valence-corrected chi connectivity index (χ4v) is 4.41. The molecule has 0 unspecified atom stereocenters. The third kappa shape index (κ3) is 5.69. The van der Waals surface area contributed by atoms with Crippen molar-refractivity contribution in [2.75, 3.05) is 21.3 Å². The first kappa shape index (κ1) is 27.1. The zero-order chi connectivity index (χ0) is 26.8. The molecule has 192 valence electrons. The molecule has 0 saturated heterocycles. The minimum absolute atomic E-state index is 0.502. The molecule has 37 heavy (non-hydrogen) atoms. The van der Waals surface area contributed by atoms with Crippen molar-refractivity contribution in [3.8, 4) is 0 Å². The third-order valence-electron chi connectivity index (χ3n) is 6.22. The molecular formula is C29H29NO7. The summed E-state index contributed by atoms with van der Waals surface area (Å²) in [7, 11) is 3.42. The van der Waals surface area contributed by atoms with Crippen LogP contribution in [-0.4, -0.2) is 51.2 Å². The highest BCUT2D eigenvalue weighted by molar-refractivity contribution is 5.99. The monoisotopic (exact) mass is 503 g/mol. The molecule has 1 amide bonds. The molecule has 0 aliphatic heterocycles. The summed E-state index contributed by atoms with van der Waals surface area (Å²) in [5, 5.41) is 2.73. The first-order valence-corrected chi connectivity index (χ1v) is 11.6. The summed E-state index contributed by atoms with van der Waals surface area (Å²) in [5.74, 6) is -4.50. The van der Waals surface area contributed by atoms with Crippen LogP contribution >= 0.6 is 0 Å². The molecule has 8 nitrogen and oxygen atoms in total. The molecule has 2 atom stereocenters. The molecule has 0 heterocycles. The zero-order valence-electron chi connectivity index (χ0n) is 20.9. The minimum atomic E-state index is -1.53. The fourth-order valence-electron chi connectivity index (χ4n) is 4.41. The van der Waals surface area contributed by atoms with E-state index in [1.54, 1.807) is 0 Å². The van der Waals surface area contributed by atoms with Crippen LogP contribution in [0.3, 0.4) is 0 Å². The van der Waals surface area contributed by atoms with Crippen molar-refractivity contribution in [3.63, 3.8) is 0 Å². The van der Waals surface area contributed by atoms with Crippen molar-refractivity contribution in [1.82, 2.24) is 5.32 Å². The summed E-state index contributed by atoms with van der Waals surface area (Å²) in [4.78, 5) is 52.2. The lowest BCUT2D eigenvalue weighted by Gasteiger charge is -2.36. The van der Waals surface area contributed by atoms with Crippen molar-refractivity contribution in [2.24, 2.45) is 5.92 Å². The van der Waals surface area contributed by atoms with Gasteiger partial charge in [0.25, 0.3) is 0 Å². The Morgan fingerprint density at radius 3 is 1.41 bits per heavy atom. The predicted molar refractivity (Wildman–Crippen MR) is 135 cm³/mol. The normalized spacial score (nSPS) is 12.5. The molecule has 1 N–H and O–H groups in total. The third-order valence-corrected chi connectivity index (χ3v) is 6.22. The highest BCUT2D eigenvalue weighted by Crippen LogP contribution is 2.40. The second-order valence-corrected chi connectivity index (χ2v) is 8.23. The maximum atomic E-state index is 14.5. The Morgan fingerprint density at radius 2 is 1.05 bits per heavy atom. The van der Waals surface area contributed by atoms with Gasteiger partial charge in [-0.15, -0.1) is 0 Å². The molecule has 3 aromatic rings. The van der Waals surface area contributed by atoms with Crippen LogP contribution < -0.4 is 5.32 Å². The molecule has 0 aromatic heterocycles. The summed E-state index contributed by atoms with van der Waals surface area (Å²) in [6, 6.07) is 25.8. The van der Waals surface area contributed by atoms with Crippen molar-refractivity contribution in [1.29, 1.82) is 0 Å². The average molecular weight is 504 g/mol. The van der Waals surface area contributed by atoms with Gasteiger partial charge in [0, 0.05) is 0 Å². The van der Waals surface area contributed by atoms with Gasteiger partial charge in [0.1, 0.15) is 11.5 Å². The lowest BCUT2D eigenvalue weighted by Crippen LogP contribution is -2.56. The number of benzene rings is 3. The molecule has 8 heteroatoms. The highest BCUT2D eigenvalue weighted by Gasteiger charge is 2.47. The maximum Gasteiger partial charge on any atom is 0.329 e. The Bertz CT molecular complexity index is 1120. The lowest BCUT2D eigenvalue weighted by molar-refractivity contribution is -0.159. The molecule has 3 aromatic carbocycles. The summed E-state index contributed by atoms with van der Waals surface area (Å²) < 4.78 is 14.5. The van der Waals surface area contributed by atoms with Gasteiger partial charge in [0.2, 0.25) is 5.91 Å². The quantitative estimate of drug-likeness (QED) is 0.257. The Labute approximate surface area is 215 Å². The van der Waals surface area contributed by atoms with Crippen LogP contribution in [0.4, 0.5) is 0 Å². The van der Waals surface area contributed by atoms with E-state index in [1.807, 2.05) is 91.0 Å². The number of rotatable bonds is 10. The van der Waals surface area contributed by atoms with E-state index in [-0.39, 0.29) is 0 Å². The molecule has 0 saturated carbocycles. The average Bonchev–Trinajstić information content (AvgIpc) is 2.96. The Balaban J connectivity index is 2.24. The summed E-state index contributed by atoms with van der Waals surface area (Å²) in [6.45, 7) is 0. The number of carbonyl (C=O) groups excluding carboxylic acids is 4. The van der Waals surface area contributed by atoms with E-state index in [0.29, 0.717) is 16.7 Å². The van der Waals surface area contributed by atoms with E-state index in [4.69, 9.17) is 14.2 Å². The van der Waals surface area contributed by atoms with Crippen LogP contribution in [0.5, 0.6) is 0 Å².